The lowest BCUT2D eigenvalue weighted by Crippen LogP contribution is -2.08. The second kappa shape index (κ2) is 5.67. The van der Waals surface area contributed by atoms with Crippen molar-refractivity contribution in [1.82, 2.24) is 14.9 Å². The molecule has 4 nitrogen and oxygen atoms in total. The van der Waals surface area contributed by atoms with Gasteiger partial charge >= 0.3 is 0 Å². The van der Waals surface area contributed by atoms with Gasteiger partial charge in [0.15, 0.2) is 0 Å². The van der Waals surface area contributed by atoms with E-state index >= 15 is 0 Å². The maximum absolute atomic E-state index is 13.3. The van der Waals surface area contributed by atoms with Gasteiger partial charge in [0, 0.05) is 30.5 Å². The number of aromatic nitrogens is 2. The van der Waals surface area contributed by atoms with Gasteiger partial charge < -0.3 is 5.32 Å². The van der Waals surface area contributed by atoms with E-state index < -0.39 is 5.83 Å². The van der Waals surface area contributed by atoms with E-state index in [1.807, 2.05) is 7.05 Å². The maximum atomic E-state index is 13.3. The molecular weight excluding hydrogens is 267 g/mol. The smallest absolute Gasteiger partial charge is 0.227 e. The van der Waals surface area contributed by atoms with Crippen molar-refractivity contribution in [2.75, 3.05) is 12.4 Å². The van der Waals surface area contributed by atoms with Crippen molar-refractivity contribution in [2.45, 2.75) is 26.9 Å². The number of hydrogen-bond acceptors (Lipinski definition) is 4. The summed E-state index contributed by atoms with van der Waals surface area (Å²) in [5.74, 6) is 0.00962. The van der Waals surface area contributed by atoms with E-state index in [2.05, 4.69) is 20.2 Å². The standard InChI is InChI=1S/C13H16ClFN4/c1-8(4-11(15)9(2)14)17-13-16-5-10-6-19(3)7-12(10)18-13/h4-5H,6-7H2,1-3H3,(H,16,17,18)/b8-4+,11-9-. The predicted molar refractivity (Wildman–Crippen MR) is 74.2 cm³/mol. The third-order valence-electron chi connectivity index (χ3n) is 2.80. The Morgan fingerprint density at radius 2 is 2.21 bits per heavy atom. The fraction of sp³-hybridized carbons (Fsp3) is 0.385. The number of anilines is 1. The summed E-state index contributed by atoms with van der Waals surface area (Å²) in [5, 5.41) is 3.08. The minimum absolute atomic E-state index is 0.123. The van der Waals surface area contributed by atoms with E-state index in [9.17, 15) is 4.39 Å². The van der Waals surface area contributed by atoms with Crippen molar-refractivity contribution in [3.63, 3.8) is 0 Å². The second-order valence-electron chi connectivity index (χ2n) is 4.67. The van der Waals surface area contributed by atoms with Crippen LogP contribution in [0.2, 0.25) is 0 Å². The third-order valence-corrected chi connectivity index (χ3v) is 2.98. The van der Waals surface area contributed by atoms with Crippen LogP contribution in [0.25, 0.3) is 0 Å². The topological polar surface area (TPSA) is 41.1 Å². The molecule has 0 unspecified atom stereocenters. The highest BCUT2D eigenvalue weighted by atomic mass is 35.5. The second-order valence-corrected chi connectivity index (χ2v) is 5.24. The van der Waals surface area contributed by atoms with Crippen LogP contribution < -0.4 is 5.32 Å². The van der Waals surface area contributed by atoms with Gasteiger partial charge in [-0.15, -0.1) is 0 Å². The summed E-state index contributed by atoms with van der Waals surface area (Å²) in [5.41, 5.74) is 2.75. The van der Waals surface area contributed by atoms with Crippen molar-refractivity contribution in [2.24, 2.45) is 0 Å². The molecule has 19 heavy (non-hydrogen) atoms. The van der Waals surface area contributed by atoms with Crippen LogP contribution in [0.1, 0.15) is 25.1 Å². The Morgan fingerprint density at radius 3 is 2.89 bits per heavy atom. The number of halogens is 2. The number of hydrogen-bond donors (Lipinski definition) is 1. The molecular formula is C13H16ClFN4. The third kappa shape index (κ3) is 3.52. The molecule has 0 aromatic carbocycles. The Balaban J connectivity index is 2.13. The molecule has 1 aliphatic rings. The Labute approximate surface area is 117 Å². The van der Waals surface area contributed by atoms with E-state index in [1.54, 1.807) is 13.1 Å². The first-order chi connectivity index (χ1) is 8.95. The fourth-order valence-electron chi connectivity index (χ4n) is 1.88. The Bertz CT molecular complexity index is 550. The van der Waals surface area contributed by atoms with Crippen LogP contribution in [-0.4, -0.2) is 21.9 Å². The highest BCUT2D eigenvalue weighted by Gasteiger charge is 2.17. The average Bonchev–Trinajstić information content (AvgIpc) is 2.68. The lowest BCUT2D eigenvalue weighted by Gasteiger charge is -2.06. The Kier molecular flexibility index (Phi) is 4.17. The Hall–Kier alpha value is -1.46. The van der Waals surface area contributed by atoms with E-state index in [0.29, 0.717) is 11.6 Å². The molecule has 0 spiro atoms. The molecule has 0 amide bonds. The van der Waals surface area contributed by atoms with Crippen molar-refractivity contribution >= 4 is 17.5 Å². The number of rotatable bonds is 3. The minimum atomic E-state index is -0.465. The van der Waals surface area contributed by atoms with Gasteiger partial charge in [-0.2, -0.15) is 0 Å². The van der Waals surface area contributed by atoms with Crippen molar-refractivity contribution in [3.05, 3.63) is 40.1 Å². The summed E-state index contributed by atoms with van der Waals surface area (Å²) < 4.78 is 13.3. The molecule has 0 aliphatic carbocycles. The Morgan fingerprint density at radius 1 is 1.47 bits per heavy atom. The molecule has 2 heterocycles. The minimum Gasteiger partial charge on any atom is -0.328 e. The van der Waals surface area contributed by atoms with Gasteiger partial charge in [-0.25, -0.2) is 14.4 Å². The van der Waals surface area contributed by atoms with Crippen LogP contribution in [0.15, 0.2) is 28.8 Å². The quantitative estimate of drug-likeness (QED) is 0.865. The summed E-state index contributed by atoms with van der Waals surface area (Å²) >= 11 is 5.56. The first-order valence-corrected chi connectivity index (χ1v) is 6.34. The van der Waals surface area contributed by atoms with Gasteiger partial charge in [-0.05, 0) is 27.0 Å². The highest BCUT2D eigenvalue weighted by Crippen LogP contribution is 2.20. The van der Waals surface area contributed by atoms with Crippen LogP contribution in [-0.2, 0) is 13.1 Å². The van der Waals surface area contributed by atoms with E-state index in [1.165, 1.54) is 13.0 Å². The maximum Gasteiger partial charge on any atom is 0.227 e. The molecule has 102 valence electrons. The molecule has 1 N–H and O–H groups in total. The first-order valence-electron chi connectivity index (χ1n) is 5.96. The van der Waals surface area contributed by atoms with Gasteiger partial charge in [-0.3, -0.25) is 4.90 Å². The molecule has 6 heteroatoms. The number of fused-ring (bicyclic) bond motifs is 1. The molecule has 1 aliphatic heterocycles. The molecule has 0 saturated heterocycles. The van der Waals surface area contributed by atoms with Gasteiger partial charge in [-0.1, -0.05) is 11.6 Å². The van der Waals surface area contributed by atoms with Crippen molar-refractivity contribution < 1.29 is 4.39 Å². The number of allylic oxidation sites excluding steroid dienone is 4. The molecule has 0 saturated carbocycles. The molecule has 1 aromatic heterocycles. The van der Waals surface area contributed by atoms with Gasteiger partial charge in [0.25, 0.3) is 0 Å². The normalized spacial score (nSPS) is 17.2. The lowest BCUT2D eigenvalue weighted by atomic mass is 10.3. The average molecular weight is 283 g/mol. The summed E-state index contributed by atoms with van der Waals surface area (Å²) in [6, 6.07) is 0. The largest absolute Gasteiger partial charge is 0.328 e. The number of nitrogens with one attached hydrogen (secondary N) is 1. The van der Waals surface area contributed by atoms with Crippen molar-refractivity contribution in [3.8, 4) is 0 Å². The number of nitrogens with zero attached hydrogens (tertiary/aromatic N) is 3. The summed E-state index contributed by atoms with van der Waals surface area (Å²) in [7, 11) is 2.03. The van der Waals surface area contributed by atoms with Gasteiger partial charge in [0.1, 0.15) is 5.83 Å². The molecule has 0 atom stereocenters. The molecule has 0 bridgehead atoms. The van der Waals surface area contributed by atoms with Crippen LogP contribution in [0.3, 0.4) is 0 Å². The van der Waals surface area contributed by atoms with Gasteiger partial charge in [0.05, 0.1) is 10.7 Å². The van der Waals surface area contributed by atoms with E-state index in [-0.39, 0.29) is 5.03 Å². The summed E-state index contributed by atoms with van der Waals surface area (Å²) in [6.07, 6.45) is 3.13. The molecule has 2 rings (SSSR count). The van der Waals surface area contributed by atoms with Crippen LogP contribution in [0.4, 0.5) is 10.3 Å². The molecule has 0 fully saturated rings. The summed E-state index contributed by atoms with van der Waals surface area (Å²) in [4.78, 5) is 10.8. The fourth-order valence-corrected chi connectivity index (χ4v) is 1.93. The zero-order valence-corrected chi connectivity index (χ0v) is 11.9. The van der Waals surface area contributed by atoms with E-state index in [4.69, 9.17) is 11.6 Å². The van der Waals surface area contributed by atoms with Gasteiger partial charge in [0.2, 0.25) is 5.95 Å². The summed E-state index contributed by atoms with van der Waals surface area (Å²) in [6.45, 7) is 4.92. The van der Waals surface area contributed by atoms with E-state index in [0.717, 1.165) is 24.3 Å². The zero-order valence-electron chi connectivity index (χ0n) is 11.2. The monoisotopic (exact) mass is 282 g/mol. The highest BCUT2D eigenvalue weighted by molar-refractivity contribution is 6.29. The van der Waals surface area contributed by atoms with Crippen LogP contribution in [0, 0.1) is 0 Å². The lowest BCUT2D eigenvalue weighted by molar-refractivity contribution is 0.351. The zero-order chi connectivity index (χ0) is 14.0. The SMILES string of the molecule is C/C(Cl)=C(F)\C=C(/C)Nc1ncc2c(n1)CN(C)C2. The molecule has 0 radical (unpaired) electrons. The van der Waals surface area contributed by atoms with Crippen molar-refractivity contribution in [1.29, 1.82) is 0 Å². The van der Waals surface area contributed by atoms with Crippen LogP contribution in [0.5, 0.6) is 0 Å². The van der Waals surface area contributed by atoms with Crippen LogP contribution >= 0.6 is 11.6 Å². The molecule has 1 aromatic rings. The predicted octanol–water partition coefficient (Wildman–Crippen LogP) is 3.18. The first kappa shape index (κ1) is 14.0.